The molecule has 1 fully saturated rings. The van der Waals surface area contributed by atoms with Crippen LogP contribution in [0.3, 0.4) is 0 Å². The van der Waals surface area contributed by atoms with E-state index in [0.29, 0.717) is 0 Å². The molecule has 1 saturated heterocycles. The van der Waals surface area contributed by atoms with Gasteiger partial charge < -0.3 is 10.6 Å². The topological polar surface area (TPSA) is 29.3 Å². The Kier molecular flexibility index (Phi) is 3.04. The molecule has 0 bridgehead atoms. The number of nitrogens with two attached hydrogens (primary N) is 1. The van der Waals surface area contributed by atoms with Crippen molar-refractivity contribution >= 4 is 0 Å². The number of hydrogen-bond donors (Lipinski definition) is 1. The Morgan fingerprint density at radius 1 is 1.19 bits per heavy atom. The number of likely N-dealkylation sites (N-methyl/N-ethyl adjacent to an activating group) is 1. The van der Waals surface area contributed by atoms with Crippen molar-refractivity contribution < 1.29 is 0 Å². The quantitative estimate of drug-likeness (QED) is 0.783. The molecule has 2 rings (SSSR count). The molecule has 1 aromatic carbocycles. The van der Waals surface area contributed by atoms with Crippen molar-refractivity contribution in [2.45, 2.75) is 32.2 Å². The summed E-state index contributed by atoms with van der Waals surface area (Å²) < 4.78 is 0. The van der Waals surface area contributed by atoms with Gasteiger partial charge in [0.05, 0.1) is 5.54 Å². The van der Waals surface area contributed by atoms with Gasteiger partial charge in [-0.2, -0.15) is 0 Å². The van der Waals surface area contributed by atoms with Crippen LogP contribution in [0.15, 0.2) is 18.2 Å². The first-order valence-electron chi connectivity index (χ1n) is 6.06. The number of aryl methyl sites for hydroxylation is 2. The summed E-state index contributed by atoms with van der Waals surface area (Å²) in [5.41, 5.74) is 10.3. The maximum atomic E-state index is 6.57. The van der Waals surface area contributed by atoms with Gasteiger partial charge in [-0.25, -0.2) is 0 Å². The van der Waals surface area contributed by atoms with Gasteiger partial charge in [0.25, 0.3) is 0 Å². The van der Waals surface area contributed by atoms with Gasteiger partial charge in [-0.1, -0.05) is 29.3 Å². The van der Waals surface area contributed by atoms with Crippen LogP contribution in [0.5, 0.6) is 0 Å². The van der Waals surface area contributed by atoms with Crippen LogP contribution >= 0.6 is 0 Å². The first-order valence-corrected chi connectivity index (χ1v) is 6.06. The van der Waals surface area contributed by atoms with Crippen LogP contribution < -0.4 is 5.73 Å². The number of rotatable bonds is 1. The number of likely N-dealkylation sites (tertiary alicyclic amines) is 1. The standard InChI is InChI=1S/C14H22N2/c1-11-7-12(2)9-13(8-11)14(15)5-4-6-16(3)10-14/h7-9H,4-6,10,15H2,1-3H3. The molecule has 1 atom stereocenters. The van der Waals surface area contributed by atoms with Crippen LogP contribution in [0.25, 0.3) is 0 Å². The van der Waals surface area contributed by atoms with Gasteiger partial charge >= 0.3 is 0 Å². The van der Waals surface area contributed by atoms with Gasteiger partial charge in [0, 0.05) is 6.54 Å². The first kappa shape index (κ1) is 11.6. The van der Waals surface area contributed by atoms with Gasteiger partial charge in [0.1, 0.15) is 0 Å². The van der Waals surface area contributed by atoms with Crippen molar-refractivity contribution in [2.24, 2.45) is 5.73 Å². The fourth-order valence-electron chi connectivity index (χ4n) is 2.80. The number of piperidine rings is 1. The van der Waals surface area contributed by atoms with Gasteiger partial charge in [-0.05, 0) is 45.8 Å². The zero-order valence-electron chi connectivity index (χ0n) is 10.6. The second kappa shape index (κ2) is 4.19. The molecule has 0 spiro atoms. The Morgan fingerprint density at radius 3 is 2.38 bits per heavy atom. The highest BCUT2D eigenvalue weighted by Crippen LogP contribution is 2.29. The van der Waals surface area contributed by atoms with E-state index in [0.717, 1.165) is 13.0 Å². The highest BCUT2D eigenvalue weighted by atomic mass is 15.1. The van der Waals surface area contributed by atoms with E-state index in [9.17, 15) is 0 Å². The molecule has 0 amide bonds. The Balaban J connectivity index is 2.34. The molecule has 1 aliphatic heterocycles. The summed E-state index contributed by atoms with van der Waals surface area (Å²) in [5, 5.41) is 0. The van der Waals surface area contributed by atoms with E-state index in [-0.39, 0.29) is 5.54 Å². The molecule has 2 N–H and O–H groups in total. The Hall–Kier alpha value is -0.860. The van der Waals surface area contributed by atoms with E-state index in [2.05, 4.69) is 44.0 Å². The molecule has 0 aromatic heterocycles. The van der Waals surface area contributed by atoms with Crippen LogP contribution in [0, 0.1) is 13.8 Å². The molecule has 2 heteroatoms. The fraction of sp³-hybridized carbons (Fsp3) is 0.571. The molecule has 1 aromatic rings. The SMILES string of the molecule is Cc1cc(C)cc(C2(N)CCCN(C)C2)c1. The minimum Gasteiger partial charge on any atom is -0.320 e. The summed E-state index contributed by atoms with van der Waals surface area (Å²) in [4.78, 5) is 2.33. The maximum Gasteiger partial charge on any atom is 0.0539 e. The van der Waals surface area contributed by atoms with Crippen molar-refractivity contribution in [1.29, 1.82) is 0 Å². The van der Waals surface area contributed by atoms with E-state index in [4.69, 9.17) is 5.73 Å². The summed E-state index contributed by atoms with van der Waals surface area (Å²) in [7, 11) is 2.16. The summed E-state index contributed by atoms with van der Waals surface area (Å²) >= 11 is 0. The highest BCUT2D eigenvalue weighted by molar-refractivity contribution is 5.34. The molecule has 1 heterocycles. The summed E-state index contributed by atoms with van der Waals surface area (Å²) in [5.74, 6) is 0. The maximum absolute atomic E-state index is 6.57. The summed E-state index contributed by atoms with van der Waals surface area (Å²) in [6.07, 6.45) is 2.29. The fourth-order valence-corrected chi connectivity index (χ4v) is 2.80. The van der Waals surface area contributed by atoms with Crippen molar-refractivity contribution in [3.8, 4) is 0 Å². The summed E-state index contributed by atoms with van der Waals surface area (Å²) in [6.45, 7) is 6.43. The predicted molar refractivity (Wildman–Crippen MR) is 68.5 cm³/mol. The molecule has 2 nitrogen and oxygen atoms in total. The third kappa shape index (κ3) is 2.28. The second-order valence-electron chi connectivity index (χ2n) is 5.37. The molecule has 16 heavy (non-hydrogen) atoms. The van der Waals surface area contributed by atoms with Crippen LogP contribution in [-0.4, -0.2) is 25.0 Å². The number of nitrogens with zero attached hydrogens (tertiary/aromatic N) is 1. The molecule has 1 aliphatic rings. The largest absolute Gasteiger partial charge is 0.320 e. The molecule has 0 saturated carbocycles. The van der Waals surface area contributed by atoms with Gasteiger partial charge in [0.2, 0.25) is 0 Å². The summed E-state index contributed by atoms with van der Waals surface area (Å²) in [6, 6.07) is 6.69. The Morgan fingerprint density at radius 2 is 1.81 bits per heavy atom. The molecular weight excluding hydrogens is 196 g/mol. The number of benzene rings is 1. The minimum absolute atomic E-state index is 0.149. The van der Waals surface area contributed by atoms with Crippen LogP contribution in [0.4, 0.5) is 0 Å². The Labute approximate surface area is 98.4 Å². The van der Waals surface area contributed by atoms with E-state index in [1.807, 2.05) is 0 Å². The van der Waals surface area contributed by atoms with Gasteiger partial charge in [-0.15, -0.1) is 0 Å². The lowest BCUT2D eigenvalue weighted by Gasteiger charge is -2.39. The van der Waals surface area contributed by atoms with Crippen LogP contribution in [-0.2, 0) is 5.54 Å². The smallest absolute Gasteiger partial charge is 0.0539 e. The van der Waals surface area contributed by atoms with E-state index < -0.39 is 0 Å². The average Bonchev–Trinajstić information content (AvgIpc) is 2.15. The third-order valence-corrected chi connectivity index (χ3v) is 3.51. The van der Waals surface area contributed by atoms with Gasteiger partial charge in [-0.3, -0.25) is 0 Å². The monoisotopic (exact) mass is 218 g/mol. The van der Waals surface area contributed by atoms with Crippen molar-refractivity contribution in [2.75, 3.05) is 20.1 Å². The molecular formula is C14H22N2. The van der Waals surface area contributed by atoms with Crippen LogP contribution in [0.1, 0.15) is 29.5 Å². The first-order chi connectivity index (χ1) is 7.49. The number of hydrogen-bond acceptors (Lipinski definition) is 2. The second-order valence-corrected chi connectivity index (χ2v) is 5.37. The lowest BCUT2D eigenvalue weighted by molar-refractivity contribution is 0.179. The third-order valence-electron chi connectivity index (χ3n) is 3.51. The molecule has 0 aliphatic carbocycles. The zero-order valence-corrected chi connectivity index (χ0v) is 10.6. The van der Waals surface area contributed by atoms with E-state index in [1.165, 1.54) is 29.7 Å². The highest BCUT2D eigenvalue weighted by Gasteiger charge is 2.31. The van der Waals surface area contributed by atoms with E-state index in [1.54, 1.807) is 0 Å². The van der Waals surface area contributed by atoms with Crippen molar-refractivity contribution in [1.82, 2.24) is 4.90 Å². The predicted octanol–water partition coefficient (Wildman–Crippen LogP) is 2.18. The van der Waals surface area contributed by atoms with Gasteiger partial charge in [0.15, 0.2) is 0 Å². The lowest BCUT2D eigenvalue weighted by Crippen LogP contribution is -2.50. The molecule has 1 unspecified atom stereocenters. The van der Waals surface area contributed by atoms with Crippen molar-refractivity contribution in [3.05, 3.63) is 34.9 Å². The van der Waals surface area contributed by atoms with Crippen molar-refractivity contribution in [3.63, 3.8) is 0 Å². The molecule has 0 radical (unpaired) electrons. The van der Waals surface area contributed by atoms with E-state index >= 15 is 0 Å². The zero-order chi connectivity index (χ0) is 11.8. The average molecular weight is 218 g/mol. The minimum atomic E-state index is -0.149. The lowest BCUT2D eigenvalue weighted by atomic mass is 9.82. The Bertz CT molecular complexity index is 366. The normalized spacial score (nSPS) is 27.0. The van der Waals surface area contributed by atoms with Crippen LogP contribution in [0.2, 0.25) is 0 Å². The molecule has 88 valence electrons.